The summed E-state index contributed by atoms with van der Waals surface area (Å²) in [7, 11) is 0. The third-order valence-corrected chi connectivity index (χ3v) is 6.87. The number of carbonyl (C=O) groups is 3. The minimum Gasteiger partial charge on any atom is -0.478 e. The first kappa shape index (κ1) is 26.1. The maximum absolute atomic E-state index is 14.9. The van der Waals surface area contributed by atoms with Crippen LogP contribution < -0.4 is 5.32 Å². The summed E-state index contributed by atoms with van der Waals surface area (Å²) in [5.41, 5.74) is 0.908. The number of nitriles is 1. The van der Waals surface area contributed by atoms with E-state index >= 15 is 0 Å². The van der Waals surface area contributed by atoms with E-state index < -0.39 is 41.5 Å². The number of amides is 2. The lowest BCUT2D eigenvalue weighted by atomic mass is 9.96. The van der Waals surface area contributed by atoms with E-state index in [0.29, 0.717) is 11.1 Å². The van der Waals surface area contributed by atoms with Crippen LogP contribution in [0.2, 0.25) is 0 Å². The molecule has 1 saturated heterocycles. The van der Waals surface area contributed by atoms with E-state index in [1.165, 1.54) is 23.1 Å². The summed E-state index contributed by atoms with van der Waals surface area (Å²) in [4.78, 5) is 38.6. The van der Waals surface area contributed by atoms with Crippen molar-refractivity contribution in [1.82, 2.24) is 10.2 Å². The second kappa shape index (κ2) is 10.2. The second-order valence-electron chi connectivity index (χ2n) is 10.6. The molecule has 9 heteroatoms. The number of carboxylic acid groups (broad SMARTS) is 1. The topological polar surface area (TPSA) is 120 Å². The molecule has 4 rings (SSSR count). The summed E-state index contributed by atoms with van der Waals surface area (Å²) in [6.07, 6.45) is 1.78. The third-order valence-electron chi connectivity index (χ3n) is 6.87. The van der Waals surface area contributed by atoms with Gasteiger partial charge in [-0.2, -0.15) is 5.26 Å². The molecule has 2 bridgehead atoms. The Bertz CT molecular complexity index is 1250. The molecule has 37 heavy (non-hydrogen) atoms. The number of fused-ring (bicyclic) bond motifs is 2. The quantitative estimate of drug-likeness (QED) is 0.593. The highest BCUT2D eigenvalue weighted by Gasteiger charge is 2.52. The summed E-state index contributed by atoms with van der Waals surface area (Å²) < 4.78 is 20.5. The van der Waals surface area contributed by atoms with E-state index in [0.717, 1.165) is 19.3 Å². The maximum Gasteiger partial charge on any atom is 0.411 e. The number of benzene rings is 2. The van der Waals surface area contributed by atoms with Gasteiger partial charge in [0.2, 0.25) is 5.91 Å². The van der Waals surface area contributed by atoms with E-state index in [9.17, 15) is 24.0 Å². The number of hydrogen-bond donors (Lipinski definition) is 2. The SMILES string of the molecule is CC(C)(C)OC(=O)N1[C@@H]2CC[C@@H](C2)[C@H]1C(=O)N[C@H](C#N)Cc1ccc(-c2ccc(C(=O)O)cc2)cc1F. The number of nitrogens with one attached hydrogen (secondary N) is 1. The first-order valence-corrected chi connectivity index (χ1v) is 12.3. The third kappa shape index (κ3) is 5.74. The van der Waals surface area contributed by atoms with Crippen LogP contribution in [0.4, 0.5) is 9.18 Å². The zero-order chi connectivity index (χ0) is 26.9. The first-order chi connectivity index (χ1) is 17.5. The van der Waals surface area contributed by atoms with Crippen molar-refractivity contribution in [2.24, 2.45) is 5.92 Å². The molecule has 1 aliphatic heterocycles. The van der Waals surface area contributed by atoms with Gasteiger partial charge in [0.25, 0.3) is 0 Å². The van der Waals surface area contributed by atoms with Crippen LogP contribution in [0.3, 0.4) is 0 Å². The first-order valence-electron chi connectivity index (χ1n) is 12.3. The van der Waals surface area contributed by atoms with E-state index in [1.807, 2.05) is 6.07 Å². The van der Waals surface area contributed by atoms with Crippen LogP contribution in [0.25, 0.3) is 11.1 Å². The number of piperidine rings is 1. The smallest absolute Gasteiger partial charge is 0.411 e. The molecule has 1 saturated carbocycles. The molecular formula is C28H30FN3O5. The Morgan fingerprint density at radius 1 is 1.16 bits per heavy atom. The number of rotatable bonds is 6. The van der Waals surface area contributed by atoms with Crippen LogP contribution in [0.15, 0.2) is 42.5 Å². The average Bonchev–Trinajstić information content (AvgIpc) is 3.45. The number of carboxylic acids is 1. The fraction of sp³-hybridized carbons (Fsp3) is 0.429. The molecule has 2 fully saturated rings. The molecule has 0 unspecified atom stereocenters. The van der Waals surface area contributed by atoms with E-state index in [-0.39, 0.29) is 29.5 Å². The normalized spacial score (nSPS) is 21.3. The van der Waals surface area contributed by atoms with Crippen molar-refractivity contribution in [2.45, 2.75) is 70.2 Å². The summed E-state index contributed by atoms with van der Waals surface area (Å²) in [5, 5.41) is 21.4. The van der Waals surface area contributed by atoms with Gasteiger partial charge in [0.05, 0.1) is 11.6 Å². The number of nitrogens with zero attached hydrogens (tertiary/aromatic N) is 2. The van der Waals surface area contributed by atoms with Crippen molar-refractivity contribution in [3.05, 3.63) is 59.4 Å². The number of ether oxygens (including phenoxy) is 1. The lowest BCUT2D eigenvalue weighted by molar-refractivity contribution is -0.128. The van der Waals surface area contributed by atoms with Crippen molar-refractivity contribution in [1.29, 1.82) is 5.26 Å². The van der Waals surface area contributed by atoms with Crippen LogP contribution in [-0.2, 0) is 16.0 Å². The Morgan fingerprint density at radius 2 is 1.84 bits per heavy atom. The van der Waals surface area contributed by atoms with Gasteiger partial charge in [-0.3, -0.25) is 9.69 Å². The Hall–Kier alpha value is -3.93. The van der Waals surface area contributed by atoms with Gasteiger partial charge < -0.3 is 15.2 Å². The Balaban J connectivity index is 1.45. The van der Waals surface area contributed by atoms with Gasteiger partial charge in [-0.1, -0.05) is 24.3 Å². The second-order valence-corrected chi connectivity index (χ2v) is 10.6. The molecule has 2 amide bonds. The largest absolute Gasteiger partial charge is 0.478 e. The molecule has 0 aromatic heterocycles. The molecule has 2 aliphatic rings. The van der Waals surface area contributed by atoms with Crippen molar-refractivity contribution < 1.29 is 28.6 Å². The molecule has 4 atom stereocenters. The Kier molecular flexibility index (Phi) is 7.21. The number of aromatic carboxylic acids is 1. The van der Waals surface area contributed by atoms with Crippen LogP contribution in [0, 0.1) is 23.1 Å². The highest BCUT2D eigenvalue weighted by atomic mass is 19.1. The van der Waals surface area contributed by atoms with Crippen molar-refractivity contribution in [3.8, 4) is 17.2 Å². The molecule has 1 heterocycles. The monoisotopic (exact) mass is 507 g/mol. The minimum atomic E-state index is -1.04. The van der Waals surface area contributed by atoms with Gasteiger partial charge in [0.15, 0.2) is 0 Å². The number of likely N-dealkylation sites (tertiary alicyclic amines) is 1. The van der Waals surface area contributed by atoms with E-state index in [4.69, 9.17) is 9.84 Å². The molecule has 2 aromatic rings. The molecule has 2 N–H and O–H groups in total. The van der Waals surface area contributed by atoms with Gasteiger partial charge in [-0.15, -0.1) is 0 Å². The lowest BCUT2D eigenvalue weighted by Gasteiger charge is -2.35. The minimum absolute atomic E-state index is 0.000367. The van der Waals surface area contributed by atoms with Gasteiger partial charge in [-0.05, 0) is 80.8 Å². The van der Waals surface area contributed by atoms with E-state index in [1.54, 1.807) is 45.0 Å². The molecule has 2 aromatic carbocycles. The molecule has 8 nitrogen and oxygen atoms in total. The van der Waals surface area contributed by atoms with Crippen LogP contribution in [-0.4, -0.2) is 51.7 Å². The zero-order valence-corrected chi connectivity index (χ0v) is 21.0. The standard InChI is InChI=1S/C28H30FN3O5/c1-28(2,3)37-27(36)32-22-11-10-20(13-22)24(32)25(33)31-21(15-30)12-19-9-8-18(14-23(19)29)16-4-6-17(7-5-16)26(34)35/h4-9,14,20-22,24H,10-13H2,1-3H3,(H,31,33)(H,34,35)/t20-,21-,22+,24-/m0/s1. The van der Waals surface area contributed by atoms with Crippen LogP contribution in [0.1, 0.15) is 56.0 Å². The number of carbonyl (C=O) groups excluding carboxylic acids is 2. The zero-order valence-electron chi connectivity index (χ0n) is 21.0. The van der Waals surface area contributed by atoms with Crippen molar-refractivity contribution in [2.75, 3.05) is 0 Å². The fourth-order valence-corrected chi connectivity index (χ4v) is 5.21. The highest BCUT2D eigenvalue weighted by Crippen LogP contribution is 2.43. The average molecular weight is 508 g/mol. The maximum atomic E-state index is 14.9. The Labute approximate surface area is 215 Å². The fourth-order valence-electron chi connectivity index (χ4n) is 5.21. The molecule has 0 spiro atoms. The molecule has 0 radical (unpaired) electrons. The van der Waals surface area contributed by atoms with Gasteiger partial charge in [0, 0.05) is 12.5 Å². The molecule has 1 aliphatic carbocycles. The van der Waals surface area contributed by atoms with Gasteiger partial charge >= 0.3 is 12.1 Å². The summed E-state index contributed by atoms with van der Waals surface area (Å²) in [6.45, 7) is 5.31. The molecule has 194 valence electrons. The molecular weight excluding hydrogens is 477 g/mol. The van der Waals surface area contributed by atoms with Crippen molar-refractivity contribution in [3.63, 3.8) is 0 Å². The number of hydrogen-bond acceptors (Lipinski definition) is 5. The summed E-state index contributed by atoms with van der Waals surface area (Å²) in [6, 6.07) is 10.9. The van der Waals surface area contributed by atoms with Gasteiger partial charge in [0.1, 0.15) is 23.5 Å². The van der Waals surface area contributed by atoms with E-state index in [2.05, 4.69) is 5.32 Å². The predicted molar refractivity (Wildman–Crippen MR) is 133 cm³/mol. The number of halogens is 1. The summed E-state index contributed by atoms with van der Waals surface area (Å²) >= 11 is 0. The van der Waals surface area contributed by atoms with Crippen LogP contribution >= 0.6 is 0 Å². The van der Waals surface area contributed by atoms with Crippen LogP contribution in [0.5, 0.6) is 0 Å². The lowest BCUT2D eigenvalue weighted by Crippen LogP contribution is -2.55. The predicted octanol–water partition coefficient (Wildman–Crippen LogP) is 4.53. The van der Waals surface area contributed by atoms with Crippen molar-refractivity contribution >= 4 is 18.0 Å². The highest BCUT2D eigenvalue weighted by molar-refractivity contribution is 5.88. The Morgan fingerprint density at radius 3 is 2.43 bits per heavy atom. The summed E-state index contributed by atoms with van der Waals surface area (Å²) in [5.74, 6) is -2.01. The van der Waals surface area contributed by atoms with Gasteiger partial charge in [-0.25, -0.2) is 14.0 Å².